The van der Waals surface area contributed by atoms with Gasteiger partial charge in [0, 0.05) is 12.0 Å². The zero-order valence-electron chi connectivity index (χ0n) is 11.6. The molecule has 1 aliphatic heterocycles. The molecule has 3 rings (SSSR count). The lowest BCUT2D eigenvalue weighted by molar-refractivity contribution is -0.136. The lowest BCUT2D eigenvalue weighted by Crippen LogP contribution is -2.07. The summed E-state index contributed by atoms with van der Waals surface area (Å²) in [6.45, 7) is 0.468. The molecule has 1 aliphatic rings. The highest BCUT2D eigenvalue weighted by atomic mass is 19.1. The maximum Gasteiger partial charge on any atom is 0.307 e. The van der Waals surface area contributed by atoms with Crippen LogP contribution in [-0.2, 0) is 17.6 Å². The van der Waals surface area contributed by atoms with Crippen LogP contribution in [0.15, 0.2) is 36.4 Å². The summed E-state index contributed by atoms with van der Waals surface area (Å²) in [5.41, 5.74) is 2.07. The number of halogens is 1. The second-order valence-electron chi connectivity index (χ2n) is 5.14. The van der Waals surface area contributed by atoms with Crippen LogP contribution in [-0.4, -0.2) is 23.5 Å². The van der Waals surface area contributed by atoms with Crippen LogP contribution in [0.25, 0.3) is 0 Å². The maximum absolute atomic E-state index is 13.0. The van der Waals surface area contributed by atoms with Crippen molar-refractivity contribution < 1.29 is 23.8 Å². The molecule has 1 heterocycles. The number of ether oxygens (including phenoxy) is 1. The number of rotatable bonds is 4. The van der Waals surface area contributed by atoms with Gasteiger partial charge in [-0.05, 0) is 41.5 Å². The Morgan fingerprint density at radius 1 is 1.18 bits per heavy atom. The smallest absolute Gasteiger partial charge is 0.307 e. The average Bonchev–Trinajstić information content (AvgIpc) is 2.94. The van der Waals surface area contributed by atoms with E-state index in [4.69, 9.17) is 9.84 Å². The summed E-state index contributed by atoms with van der Waals surface area (Å²) in [6, 6.07) is 8.55. The van der Waals surface area contributed by atoms with Gasteiger partial charge in [0.15, 0.2) is 5.78 Å². The molecule has 0 atom stereocenters. The van der Waals surface area contributed by atoms with E-state index < -0.39 is 11.8 Å². The number of ketones is 1. The van der Waals surface area contributed by atoms with Crippen molar-refractivity contribution in [3.05, 3.63) is 64.5 Å². The highest BCUT2D eigenvalue weighted by molar-refractivity contribution is 6.11. The van der Waals surface area contributed by atoms with Crippen LogP contribution in [0.3, 0.4) is 0 Å². The van der Waals surface area contributed by atoms with Gasteiger partial charge in [-0.15, -0.1) is 0 Å². The average molecular weight is 300 g/mol. The van der Waals surface area contributed by atoms with Crippen LogP contribution in [0.5, 0.6) is 5.75 Å². The summed E-state index contributed by atoms with van der Waals surface area (Å²) in [6.07, 6.45) is 0.490. The van der Waals surface area contributed by atoms with Crippen LogP contribution < -0.4 is 4.74 Å². The molecule has 2 aromatic rings. The molecule has 5 heteroatoms. The van der Waals surface area contributed by atoms with Gasteiger partial charge in [0.05, 0.1) is 18.6 Å². The standard InChI is InChI=1S/C17H13FO4/c18-13-3-1-11(2-4-13)16(21)14-8-10(9-15(19)20)7-12-5-6-22-17(12)14/h1-4,7-8H,5-6,9H2,(H,19,20). The van der Waals surface area contributed by atoms with E-state index in [2.05, 4.69) is 0 Å². The number of carbonyl (C=O) groups is 2. The first-order chi connectivity index (χ1) is 10.5. The molecule has 22 heavy (non-hydrogen) atoms. The third-order valence-corrected chi connectivity index (χ3v) is 3.55. The first-order valence-corrected chi connectivity index (χ1v) is 6.85. The molecule has 2 aromatic carbocycles. The molecule has 0 saturated carbocycles. The van der Waals surface area contributed by atoms with Gasteiger partial charge in [-0.25, -0.2) is 4.39 Å². The topological polar surface area (TPSA) is 63.6 Å². The van der Waals surface area contributed by atoms with E-state index in [1.54, 1.807) is 12.1 Å². The second-order valence-corrected chi connectivity index (χ2v) is 5.14. The Hall–Kier alpha value is -2.69. The van der Waals surface area contributed by atoms with Crippen molar-refractivity contribution in [2.24, 2.45) is 0 Å². The summed E-state index contributed by atoms with van der Waals surface area (Å²) in [7, 11) is 0. The van der Waals surface area contributed by atoms with Crippen molar-refractivity contribution >= 4 is 11.8 Å². The van der Waals surface area contributed by atoms with E-state index in [0.717, 1.165) is 5.56 Å². The van der Waals surface area contributed by atoms with E-state index in [1.165, 1.54) is 24.3 Å². The summed E-state index contributed by atoms with van der Waals surface area (Å²) in [5, 5.41) is 8.93. The predicted molar refractivity (Wildman–Crippen MR) is 76.8 cm³/mol. The Morgan fingerprint density at radius 2 is 1.91 bits per heavy atom. The van der Waals surface area contributed by atoms with Crippen molar-refractivity contribution in [3.63, 3.8) is 0 Å². The Kier molecular flexibility index (Phi) is 3.63. The minimum Gasteiger partial charge on any atom is -0.492 e. The minimum atomic E-state index is -0.959. The van der Waals surface area contributed by atoms with Crippen LogP contribution in [0.4, 0.5) is 4.39 Å². The van der Waals surface area contributed by atoms with Crippen molar-refractivity contribution in [2.45, 2.75) is 12.8 Å². The molecule has 0 bridgehead atoms. The van der Waals surface area contributed by atoms with Gasteiger partial charge in [0.1, 0.15) is 11.6 Å². The Bertz CT molecular complexity index is 750. The molecule has 0 radical (unpaired) electrons. The van der Waals surface area contributed by atoms with Crippen molar-refractivity contribution in [1.82, 2.24) is 0 Å². The Balaban J connectivity index is 2.05. The largest absolute Gasteiger partial charge is 0.492 e. The van der Waals surface area contributed by atoms with Gasteiger partial charge in [0.2, 0.25) is 0 Å². The third-order valence-electron chi connectivity index (χ3n) is 3.55. The van der Waals surface area contributed by atoms with E-state index in [1.807, 2.05) is 0 Å². The molecule has 1 N–H and O–H groups in total. The Labute approximate surface area is 126 Å². The van der Waals surface area contributed by atoms with E-state index >= 15 is 0 Å². The summed E-state index contributed by atoms with van der Waals surface area (Å²) < 4.78 is 18.5. The quantitative estimate of drug-likeness (QED) is 0.882. The van der Waals surface area contributed by atoms with Crippen LogP contribution >= 0.6 is 0 Å². The monoisotopic (exact) mass is 300 g/mol. The van der Waals surface area contributed by atoms with Gasteiger partial charge in [-0.3, -0.25) is 9.59 Å². The molecule has 0 fully saturated rings. The maximum atomic E-state index is 13.0. The molecule has 0 spiro atoms. The third kappa shape index (κ3) is 2.70. The molecule has 0 amide bonds. The highest BCUT2D eigenvalue weighted by Crippen LogP contribution is 2.33. The van der Waals surface area contributed by atoms with Crippen LogP contribution in [0.1, 0.15) is 27.0 Å². The van der Waals surface area contributed by atoms with Crippen molar-refractivity contribution in [2.75, 3.05) is 6.61 Å². The number of carboxylic acids is 1. The fourth-order valence-corrected chi connectivity index (χ4v) is 2.58. The molecule has 0 saturated heterocycles. The summed E-state index contributed by atoms with van der Waals surface area (Å²) >= 11 is 0. The zero-order valence-corrected chi connectivity index (χ0v) is 11.6. The predicted octanol–water partition coefficient (Wildman–Crippen LogP) is 2.62. The molecular weight excluding hydrogens is 287 g/mol. The lowest BCUT2D eigenvalue weighted by atomic mass is 9.96. The molecule has 0 aliphatic carbocycles. The van der Waals surface area contributed by atoms with Crippen molar-refractivity contribution in [3.8, 4) is 5.75 Å². The van der Waals surface area contributed by atoms with Crippen LogP contribution in [0.2, 0.25) is 0 Å². The minimum absolute atomic E-state index is 0.156. The Morgan fingerprint density at radius 3 is 2.59 bits per heavy atom. The lowest BCUT2D eigenvalue weighted by Gasteiger charge is -2.10. The van der Waals surface area contributed by atoms with E-state index in [0.29, 0.717) is 35.5 Å². The number of hydrogen-bond acceptors (Lipinski definition) is 3. The number of aliphatic carboxylic acids is 1. The van der Waals surface area contributed by atoms with Gasteiger partial charge >= 0.3 is 5.97 Å². The molecule has 0 aromatic heterocycles. The molecule has 4 nitrogen and oxygen atoms in total. The molecular formula is C17H13FO4. The van der Waals surface area contributed by atoms with Gasteiger partial charge in [-0.2, -0.15) is 0 Å². The fraction of sp³-hybridized carbons (Fsp3) is 0.176. The number of carboxylic acid groups (broad SMARTS) is 1. The summed E-state index contributed by atoms with van der Waals surface area (Å²) in [5.74, 6) is -1.18. The highest BCUT2D eigenvalue weighted by Gasteiger charge is 2.23. The molecule has 0 unspecified atom stereocenters. The van der Waals surface area contributed by atoms with Gasteiger partial charge in [-0.1, -0.05) is 6.07 Å². The first-order valence-electron chi connectivity index (χ1n) is 6.85. The van der Waals surface area contributed by atoms with Gasteiger partial charge < -0.3 is 9.84 Å². The molecule has 112 valence electrons. The number of fused-ring (bicyclic) bond motifs is 1. The summed E-state index contributed by atoms with van der Waals surface area (Å²) in [4.78, 5) is 23.5. The van der Waals surface area contributed by atoms with E-state index in [9.17, 15) is 14.0 Å². The van der Waals surface area contributed by atoms with Gasteiger partial charge in [0.25, 0.3) is 0 Å². The van der Waals surface area contributed by atoms with Crippen molar-refractivity contribution in [1.29, 1.82) is 0 Å². The number of benzene rings is 2. The van der Waals surface area contributed by atoms with E-state index in [-0.39, 0.29) is 12.2 Å². The normalized spacial score (nSPS) is 12.6. The number of hydrogen-bond donors (Lipinski definition) is 1. The second kappa shape index (κ2) is 5.60. The zero-order chi connectivity index (χ0) is 15.7. The van der Waals surface area contributed by atoms with Crippen LogP contribution in [0, 0.1) is 5.82 Å². The number of carbonyl (C=O) groups excluding carboxylic acids is 1. The first kappa shape index (κ1) is 14.3. The SMILES string of the molecule is O=C(O)Cc1cc2c(c(C(=O)c3ccc(F)cc3)c1)OCC2. The fourth-order valence-electron chi connectivity index (χ4n) is 2.58.